The van der Waals surface area contributed by atoms with E-state index in [1.807, 2.05) is 6.92 Å². The van der Waals surface area contributed by atoms with Crippen LogP contribution < -0.4 is 5.32 Å². The molecule has 11 heavy (non-hydrogen) atoms. The summed E-state index contributed by atoms with van der Waals surface area (Å²) in [6, 6.07) is -0.290. The van der Waals surface area contributed by atoms with Crippen molar-refractivity contribution in [2.24, 2.45) is 0 Å². The first-order valence-corrected chi connectivity index (χ1v) is 4.24. The van der Waals surface area contributed by atoms with Gasteiger partial charge in [-0.2, -0.15) is 0 Å². The number of alkyl halides is 1. The van der Waals surface area contributed by atoms with Crippen molar-refractivity contribution in [3.8, 4) is 0 Å². The van der Waals surface area contributed by atoms with Crippen molar-refractivity contribution in [3.63, 3.8) is 0 Å². The fraction of sp³-hybridized carbons (Fsp3) is 0.667. The Balaban J connectivity index is 2.47. The third-order valence-corrected chi connectivity index (χ3v) is 1.63. The normalized spacial score (nSPS) is 20.4. The van der Waals surface area contributed by atoms with E-state index in [1.54, 1.807) is 0 Å². The summed E-state index contributed by atoms with van der Waals surface area (Å²) < 4.78 is 0. The van der Waals surface area contributed by atoms with E-state index in [4.69, 9.17) is 0 Å². The molecule has 1 saturated heterocycles. The van der Waals surface area contributed by atoms with Crippen LogP contribution in [0.3, 0.4) is 0 Å². The van der Waals surface area contributed by atoms with E-state index in [0.29, 0.717) is 6.54 Å². The average molecular weight is 221 g/mol. The second-order valence-corrected chi connectivity index (χ2v) is 4.08. The van der Waals surface area contributed by atoms with Gasteiger partial charge in [0.2, 0.25) is 5.91 Å². The monoisotopic (exact) mass is 220 g/mol. The Morgan fingerprint density at radius 1 is 1.73 bits per heavy atom. The van der Waals surface area contributed by atoms with E-state index in [0.717, 1.165) is 0 Å². The average Bonchev–Trinajstić information content (AvgIpc) is 2.09. The molecule has 0 aromatic rings. The number of carbonyl (C=O) groups excluding carboxylic acids is 2. The first-order valence-electron chi connectivity index (χ1n) is 3.32. The van der Waals surface area contributed by atoms with Gasteiger partial charge >= 0.3 is 6.03 Å². The summed E-state index contributed by atoms with van der Waals surface area (Å²) in [6.07, 6.45) is 0. The molecule has 1 atom stereocenters. The van der Waals surface area contributed by atoms with Crippen LogP contribution in [0.5, 0.6) is 0 Å². The first kappa shape index (κ1) is 8.52. The Hall–Kier alpha value is -0.580. The Bertz CT molecular complexity index is 193. The highest BCUT2D eigenvalue weighted by Crippen LogP contribution is 2.04. The Kier molecular flexibility index (Phi) is 2.49. The second-order valence-electron chi connectivity index (χ2n) is 2.51. The van der Waals surface area contributed by atoms with Crippen LogP contribution in [0.4, 0.5) is 4.79 Å². The summed E-state index contributed by atoms with van der Waals surface area (Å²) in [7, 11) is 0. The Labute approximate surface area is 73.1 Å². The van der Waals surface area contributed by atoms with Gasteiger partial charge in [-0.1, -0.05) is 22.9 Å². The maximum Gasteiger partial charge on any atom is 0.324 e. The SMILES string of the molecule is CC(Br)CN1CC(=O)NC1=O. The number of urea groups is 1. The van der Waals surface area contributed by atoms with Gasteiger partial charge in [0.1, 0.15) is 6.54 Å². The van der Waals surface area contributed by atoms with Gasteiger partial charge in [-0.25, -0.2) is 4.79 Å². The highest BCUT2D eigenvalue weighted by Gasteiger charge is 2.26. The Morgan fingerprint density at radius 3 is 2.73 bits per heavy atom. The smallest absolute Gasteiger partial charge is 0.314 e. The van der Waals surface area contributed by atoms with Gasteiger partial charge in [0.15, 0.2) is 0 Å². The highest BCUT2D eigenvalue weighted by molar-refractivity contribution is 9.09. The van der Waals surface area contributed by atoms with Crippen molar-refractivity contribution in [3.05, 3.63) is 0 Å². The number of amides is 3. The number of nitrogens with zero attached hydrogens (tertiary/aromatic N) is 1. The van der Waals surface area contributed by atoms with E-state index in [-0.39, 0.29) is 23.3 Å². The predicted molar refractivity (Wildman–Crippen MR) is 43.5 cm³/mol. The van der Waals surface area contributed by atoms with E-state index in [9.17, 15) is 9.59 Å². The lowest BCUT2D eigenvalue weighted by molar-refractivity contribution is -0.118. The third-order valence-electron chi connectivity index (χ3n) is 1.34. The molecular formula is C6H9BrN2O2. The lowest BCUT2D eigenvalue weighted by Gasteiger charge is -2.13. The number of imide groups is 1. The summed E-state index contributed by atoms with van der Waals surface area (Å²) in [5.41, 5.74) is 0. The fourth-order valence-corrected chi connectivity index (χ4v) is 1.28. The molecule has 1 N–H and O–H groups in total. The summed E-state index contributed by atoms with van der Waals surface area (Å²) in [5.74, 6) is -0.219. The zero-order valence-electron chi connectivity index (χ0n) is 6.13. The van der Waals surface area contributed by atoms with E-state index >= 15 is 0 Å². The molecule has 0 bridgehead atoms. The minimum atomic E-state index is -0.290. The maximum atomic E-state index is 10.9. The number of hydrogen-bond donors (Lipinski definition) is 1. The number of nitrogens with one attached hydrogen (secondary N) is 1. The van der Waals surface area contributed by atoms with Crippen LogP contribution in [0.1, 0.15) is 6.92 Å². The topological polar surface area (TPSA) is 49.4 Å². The van der Waals surface area contributed by atoms with Gasteiger partial charge in [0, 0.05) is 11.4 Å². The van der Waals surface area contributed by atoms with Crippen molar-refractivity contribution in [1.29, 1.82) is 0 Å². The highest BCUT2D eigenvalue weighted by atomic mass is 79.9. The maximum absolute atomic E-state index is 10.9. The van der Waals surface area contributed by atoms with Crippen LogP contribution in [-0.4, -0.2) is 34.8 Å². The first-order chi connectivity index (χ1) is 5.09. The quantitative estimate of drug-likeness (QED) is 0.539. The molecule has 1 rings (SSSR count). The number of carbonyl (C=O) groups is 2. The molecule has 62 valence electrons. The largest absolute Gasteiger partial charge is 0.324 e. The molecule has 1 fully saturated rings. The molecule has 0 aromatic heterocycles. The van der Waals surface area contributed by atoms with Crippen LogP contribution in [-0.2, 0) is 4.79 Å². The van der Waals surface area contributed by atoms with Crippen LogP contribution in [0.2, 0.25) is 0 Å². The van der Waals surface area contributed by atoms with Crippen molar-refractivity contribution in [2.75, 3.05) is 13.1 Å². The molecule has 1 aliphatic rings. The lowest BCUT2D eigenvalue weighted by atomic mass is 10.4. The third kappa shape index (κ3) is 2.18. The molecule has 0 aromatic carbocycles. The molecule has 4 nitrogen and oxygen atoms in total. The van der Waals surface area contributed by atoms with Crippen molar-refractivity contribution in [2.45, 2.75) is 11.8 Å². The molecule has 5 heteroatoms. The number of rotatable bonds is 2. The molecule has 0 aliphatic carbocycles. The summed E-state index contributed by atoms with van der Waals surface area (Å²) in [6.45, 7) is 2.68. The molecular weight excluding hydrogens is 212 g/mol. The summed E-state index contributed by atoms with van der Waals surface area (Å²) in [5, 5.41) is 2.20. The van der Waals surface area contributed by atoms with Gasteiger partial charge in [-0.05, 0) is 0 Å². The van der Waals surface area contributed by atoms with Gasteiger partial charge < -0.3 is 4.90 Å². The van der Waals surface area contributed by atoms with Crippen LogP contribution in [0.25, 0.3) is 0 Å². The van der Waals surface area contributed by atoms with Crippen molar-refractivity contribution in [1.82, 2.24) is 10.2 Å². The zero-order valence-corrected chi connectivity index (χ0v) is 7.72. The van der Waals surface area contributed by atoms with Gasteiger partial charge in [0.05, 0.1) is 0 Å². The van der Waals surface area contributed by atoms with E-state index < -0.39 is 0 Å². The molecule has 0 spiro atoms. The predicted octanol–water partition coefficient (Wildman–Crippen LogP) is 0.322. The second kappa shape index (κ2) is 3.21. The number of hydrogen-bond acceptors (Lipinski definition) is 2. The van der Waals surface area contributed by atoms with Gasteiger partial charge in [-0.15, -0.1) is 0 Å². The van der Waals surface area contributed by atoms with E-state index in [2.05, 4.69) is 21.2 Å². The van der Waals surface area contributed by atoms with Gasteiger partial charge in [-0.3, -0.25) is 10.1 Å². The van der Waals surface area contributed by atoms with Crippen LogP contribution in [0.15, 0.2) is 0 Å². The van der Waals surface area contributed by atoms with Crippen molar-refractivity contribution >= 4 is 27.9 Å². The fourth-order valence-electron chi connectivity index (χ4n) is 0.934. The summed E-state index contributed by atoms with van der Waals surface area (Å²) in [4.78, 5) is 23.2. The minimum absolute atomic E-state index is 0.189. The molecule has 1 aliphatic heterocycles. The number of halogens is 1. The molecule has 0 radical (unpaired) electrons. The van der Waals surface area contributed by atoms with Crippen LogP contribution >= 0.6 is 15.9 Å². The Morgan fingerprint density at radius 2 is 2.36 bits per heavy atom. The summed E-state index contributed by atoms with van der Waals surface area (Å²) >= 11 is 3.30. The molecule has 1 unspecified atom stereocenters. The minimum Gasteiger partial charge on any atom is -0.314 e. The zero-order chi connectivity index (χ0) is 8.43. The standard InChI is InChI=1S/C6H9BrN2O2/c1-4(7)2-9-3-5(10)8-6(9)11/h4H,2-3H2,1H3,(H,8,10,11). The van der Waals surface area contributed by atoms with Crippen LogP contribution in [0, 0.1) is 0 Å². The molecule has 3 amide bonds. The lowest BCUT2D eigenvalue weighted by Crippen LogP contribution is -2.32. The molecule has 0 saturated carbocycles. The molecule has 1 heterocycles. The van der Waals surface area contributed by atoms with Gasteiger partial charge in [0.25, 0.3) is 0 Å². The van der Waals surface area contributed by atoms with E-state index in [1.165, 1.54) is 4.90 Å². The van der Waals surface area contributed by atoms with Crippen molar-refractivity contribution < 1.29 is 9.59 Å².